The monoisotopic (exact) mass is 317 g/mol. The Balaban J connectivity index is 0.000000295. The molecule has 0 unspecified atom stereocenters. The molecule has 0 amide bonds. The van der Waals surface area contributed by atoms with E-state index in [4.69, 9.17) is 15.0 Å². The fraction of sp³-hybridized carbons (Fsp3) is 0.286. The maximum atomic E-state index is 10.6. The SMILES string of the molecule is O=C(O)C(F)(F)F.O=C(O)CCN1C=Cc2ccccc2C1. The zero-order valence-corrected chi connectivity index (χ0v) is 11.4. The van der Waals surface area contributed by atoms with E-state index in [-0.39, 0.29) is 6.42 Å². The number of rotatable bonds is 3. The van der Waals surface area contributed by atoms with Gasteiger partial charge >= 0.3 is 18.1 Å². The molecule has 0 aromatic heterocycles. The maximum Gasteiger partial charge on any atom is 0.490 e. The van der Waals surface area contributed by atoms with Gasteiger partial charge < -0.3 is 15.1 Å². The summed E-state index contributed by atoms with van der Waals surface area (Å²) in [4.78, 5) is 21.4. The third-order valence-corrected chi connectivity index (χ3v) is 2.75. The Morgan fingerprint density at radius 1 is 1.18 bits per heavy atom. The van der Waals surface area contributed by atoms with Crippen LogP contribution in [0.5, 0.6) is 0 Å². The molecule has 1 aromatic carbocycles. The van der Waals surface area contributed by atoms with Crippen molar-refractivity contribution in [3.63, 3.8) is 0 Å². The number of carboxylic acid groups (broad SMARTS) is 2. The quantitative estimate of drug-likeness (QED) is 0.896. The lowest BCUT2D eigenvalue weighted by atomic mass is 10.0. The summed E-state index contributed by atoms with van der Waals surface area (Å²) in [5.41, 5.74) is 2.48. The lowest BCUT2D eigenvalue weighted by molar-refractivity contribution is -0.192. The molecular formula is C14H14F3NO4. The van der Waals surface area contributed by atoms with Gasteiger partial charge in [0.15, 0.2) is 0 Å². The second kappa shape index (κ2) is 7.48. The molecule has 1 heterocycles. The summed E-state index contributed by atoms with van der Waals surface area (Å²) in [6.07, 6.45) is -0.904. The molecule has 1 aromatic rings. The smallest absolute Gasteiger partial charge is 0.481 e. The number of hydrogen-bond acceptors (Lipinski definition) is 3. The molecule has 0 fully saturated rings. The summed E-state index contributed by atoms with van der Waals surface area (Å²) < 4.78 is 31.7. The van der Waals surface area contributed by atoms with Crippen LogP contribution in [0.25, 0.3) is 6.08 Å². The average molecular weight is 317 g/mol. The number of fused-ring (bicyclic) bond motifs is 1. The number of aliphatic carboxylic acids is 2. The van der Waals surface area contributed by atoms with Crippen LogP contribution in [0.4, 0.5) is 13.2 Å². The highest BCUT2D eigenvalue weighted by Gasteiger charge is 2.38. The van der Waals surface area contributed by atoms with Crippen molar-refractivity contribution >= 4 is 18.0 Å². The number of carbonyl (C=O) groups is 2. The molecule has 0 radical (unpaired) electrons. The van der Waals surface area contributed by atoms with Crippen molar-refractivity contribution in [2.75, 3.05) is 6.54 Å². The lowest BCUT2D eigenvalue weighted by Gasteiger charge is -2.24. The Bertz CT molecular complexity index is 569. The summed E-state index contributed by atoms with van der Waals surface area (Å²) in [7, 11) is 0. The van der Waals surface area contributed by atoms with Crippen molar-refractivity contribution in [3.05, 3.63) is 41.6 Å². The van der Waals surface area contributed by atoms with Crippen molar-refractivity contribution in [2.45, 2.75) is 19.1 Å². The van der Waals surface area contributed by atoms with Crippen molar-refractivity contribution in [3.8, 4) is 0 Å². The fourth-order valence-electron chi connectivity index (χ4n) is 1.69. The van der Waals surface area contributed by atoms with Crippen molar-refractivity contribution in [1.82, 2.24) is 4.90 Å². The Labute approximate surface area is 124 Å². The van der Waals surface area contributed by atoms with E-state index < -0.39 is 18.1 Å². The summed E-state index contributed by atoms with van der Waals surface area (Å²) in [6.45, 7) is 1.38. The van der Waals surface area contributed by atoms with Crippen LogP contribution in [0.2, 0.25) is 0 Å². The molecule has 22 heavy (non-hydrogen) atoms. The van der Waals surface area contributed by atoms with Gasteiger partial charge in [-0.25, -0.2) is 4.79 Å². The van der Waals surface area contributed by atoms with Crippen LogP contribution in [0.15, 0.2) is 30.5 Å². The van der Waals surface area contributed by atoms with Crippen molar-refractivity contribution in [1.29, 1.82) is 0 Å². The van der Waals surface area contributed by atoms with Crippen LogP contribution in [-0.4, -0.2) is 39.8 Å². The summed E-state index contributed by atoms with van der Waals surface area (Å²) in [5, 5.41) is 15.7. The first-order valence-corrected chi connectivity index (χ1v) is 6.22. The van der Waals surface area contributed by atoms with Gasteiger partial charge in [-0.2, -0.15) is 13.2 Å². The average Bonchev–Trinajstić information content (AvgIpc) is 2.44. The molecule has 0 saturated heterocycles. The molecule has 120 valence electrons. The second-order valence-electron chi connectivity index (χ2n) is 4.43. The van der Waals surface area contributed by atoms with E-state index >= 15 is 0 Å². The molecular weight excluding hydrogens is 303 g/mol. The van der Waals surface area contributed by atoms with E-state index in [0.717, 1.165) is 6.54 Å². The van der Waals surface area contributed by atoms with Gasteiger partial charge in [-0.15, -0.1) is 0 Å². The molecule has 8 heteroatoms. The first-order valence-electron chi connectivity index (χ1n) is 6.22. The van der Waals surface area contributed by atoms with Crippen LogP contribution < -0.4 is 0 Å². The topological polar surface area (TPSA) is 77.8 Å². The summed E-state index contributed by atoms with van der Waals surface area (Å²) in [5.74, 6) is -3.50. The molecule has 0 spiro atoms. The molecule has 0 bridgehead atoms. The summed E-state index contributed by atoms with van der Waals surface area (Å²) in [6, 6.07) is 8.16. The van der Waals surface area contributed by atoms with Gasteiger partial charge in [-0.05, 0) is 23.4 Å². The minimum atomic E-state index is -5.08. The minimum Gasteiger partial charge on any atom is -0.481 e. The zero-order chi connectivity index (χ0) is 16.8. The van der Waals surface area contributed by atoms with Crippen LogP contribution >= 0.6 is 0 Å². The lowest BCUT2D eigenvalue weighted by Crippen LogP contribution is -2.22. The summed E-state index contributed by atoms with van der Waals surface area (Å²) >= 11 is 0. The second-order valence-corrected chi connectivity index (χ2v) is 4.43. The van der Waals surface area contributed by atoms with E-state index in [9.17, 15) is 18.0 Å². The molecule has 2 N–H and O–H groups in total. The number of nitrogens with zero attached hydrogens (tertiary/aromatic N) is 1. The van der Waals surface area contributed by atoms with E-state index in [1.54, 1.807) is 0 Å². The molecule has 0 atom stereocenters. The first kappa shape index (κ1) is 17.5. The molecule has 2 rings (SSSR count). The first-order chi connectivity index (χ1) is 10.2. The third kappa shape index (κ3) is 5.86. The number of benzene rings is 1. The van der Waals surface area contributed by atoms with Gasteiger partial charge in [0.2, 0.25) is 0 Å². The van der Waals surface area contributed by atoms with Crippen LogP contribution in [0.3, 0.4) is 0 Å². The fourth-order valence-corrected chi connectivity index (χ4v) is 1.69. The molecule has 1 aliphatic rings. The number of hydrogen-bond donors (Lipinski definition) is 2. The van der Waals surface area contributed by atoms with Gasteiger partial charge in [-0.1, -0.05) is 24.3 Å². The van der Waals surface area contributed by atoms with Gasteiger partial charge in [0.1, 0.15) is 0 Å². The highest BCUT2D eigenvalue weighted by Crippen LogP contribution is 2.19. The molecule has 0 saturated carbocycles. The maximum absolute atomic E-state index is 10.6. The van der Waals surface area contributed by atoms with Gasteiger partial charge in [0, 0.05) is 13.1 Å². The van der Waals surface area contributed by atoms with Crippen molar-refractivity contribution in [2.24, 2.45) is 0 Å². The van der Waals surface area contributed by atoms with Gasteiger partial charge in [0.25, 0.3) is 0 Å². The highest BCUT2D eigenvalue weighted by atomic mass is 19.4. The predicted molar refractivity (Wildman–Crippen MR) is 71.8 cm³/mol. The molecule has 0 aliphatic carbocycles. The van der Waals surface area contributed by atoms with Crippen LogP contribution in [0, 0.1) is 0 Å². The number of halogens is 3. The predicted octanol–water partition coefficient (Wildman–Crippen LogP) is 2.58. The van der Waals surface area contributed by atoms with E-state index in [2.05, 4.69) is 12.1 Å². The van der Waals surface area contributed by atoms with Crippen molar-refractivity contribution < 1.29 is 33.0 Å². The van der Waals surface area contributed by atoms with Gasteiger partial charge in [0.05, 0.1) is 6.42 Å². The van der Waals surface area contributed by atoms with Crippen LogP contribution in [0.1, 0.15) is 17.5 Å². The van der Waals surface area contributed by atoms with E-state index in [1.807, 2.05) is 29.3 Å². The standard InChI is InChI=1S/C12H13NO2.C2HF3O2/c14-12(15)6-8-13-7-5-10-3-1-2-4-11(10)9-13;3-2(4,5)1(6)7/h1-5,7H,6,8-9H2,(H,14,15);(H,6,7). The number of carboxylic acids is 2. The Morgan fingerprint density at radius 3 is 2.32 bits per heavy atom. The number of alkyl halides is 3. The van der Waals surface area contributed by atoms with Crippen LogP contribution in [-0.2, 0) is 16.1 Å². The van der Waals surface area contributed by atoms with Gasteiger partial charge in [-0.3, -0.25) is 4.79 Å². The van der Waals surface area contributed by atoms with E-state index in [0.29, 0.717) is 6.54 Å². The molecule has 1 aliphatic heterocycles. The Hall–Kier alpha value is -2.51. The molecule has 5 nitrogen and oxygen atoms in total. The normalized spacial score (nSPS) is 13.0. The Kier molecular flexibility index (Phi) is 5.97. The van der Waals surface area contributed by atoms with E-state index in [1.165, 1.54) is 11.1 Å². The largest absolute Gasteiger partial charge is 0.490 e. The minimum absolute atomic E-state index is 0.187. The Morgan fingerprint density at radius 2 is 1.77 bits per heavy atom. The highest BCUT2D eigenvalue weighted by molar-refractivity contribution is 5.73. The third-order valence-electron chi connectivity index (χ3n) is 2.75. The zero-order valence-electron chi connectivity index (χ0n) is 11.4.